The molecule has 0 saturated carbocycles. The van der Waals surface area contributed by atoms with Crippen LogP contribution in [0.4, 0.5) is 0 Å². The van der Waals surface area contributed by atoms with Crippen molar-refractivity contribution >= 4 is 0 Å². The van der Waals surface area contributed by atoms with Gasteiger partial charge >= 0.3 is 0 Å². The van der Waals surface area contributed by atoms with Gasteiger partial charge in [-0.1, -0.05) is 43.7 Å². The summed E-state index contributed by atoms with van der Waals surface area (Å²) in [4.78, 5) is 2.70. The van der Waals surface area contributed by atoms with Gasteiger partial charge in [-0.3, -0.25) is 4.90 Å². The molecule has 1 saturated heterocycles. The Morgan fingerprint density at radius 2 is 2.00 bits per heavy atom. The zero-order valence-electron chi connectivity index (χ0n) is 13.3. The lowest BCUT2D eigenvalue weighted by Crippen LogP contribution is -2.49. The van der Waals surface area contributed by atoms with Crippen molar-refractivity contribution in [2.24, 2.45) is 0 Å². The summed E-state index contributed by atoms with van der Waals surface area (Å²) in [6, 6.07) is 12.7. The lowest BCUT2D eigenvalue weighted by atomic mass is 9.94. The molecular weight excluding hydrogens is 244 g/mol. The summed E-state index contributed by atoms with van der Waals surface area (Å²) >= 11 is 0. The second-order valence-electron chi connectivity index (χ2n) is 6.17. The molecule has 1 aliphatic rings. The van der Waals surface area contributed by atoms with Crippen LogP contribution in [-0.4, -0.2) is 30.1 Å². The Morgan fingerprint density at radius 3 is 2.65 bits per heavy atom. The Bertz CT molecular complexity index is 376. The molecule has 1 fully saturated rings. The Labute approximate surface area is 124 Å². The fraction of sp³-hybridized carbons (Fsp3) is 0.667. The van der Waals surface area contributed by atoms with Crippen LogP contribution in [0.3, 0.4) is 0 Å². The van der Waals surface area contributed by atoms with E-state index in [9.17, 15) is 0 Å². The molecule has 112 valence electrons. The summed E-state index contributed by atoms with van der Waals surface area (Å²) in [5.74, 6) is 0. The minimum Gasteiger partial charge on any atom is -0.309 e. The van der Waals surface area contributed by atoms with Gasteiger partial charge in [-0.05, 0) is 51.8 Å². The highest BCUT2D eigenvalue weighted by atomic mass is 15.2. The number of rotatable bonds is 6. The van der Waals surface area contributed by atoms with Gasteiger partial charge in [0.15, 0.2) is 0 Å². The molecule has 0 spiro atoms. The first-order valence-corrected chi connectivity index (χ1v) is 8.28. The largest absolute Gasteiger partial charge is 0.309 e. The van der Waals surface area contributed by atoms with Crippen molar-refractivity contribution in [3.63, 3.8) is 0 Å². The predicted octanol–water partition coefficient (Wildman–Crippen LogP) is 3.99. The first-order valence-electron chi connectivity index (χ1n) is 8.28. The van der Waals surface area contributed by atoms with Gasteiger partial charge in [-0.15, -0.1) is 0 Å². The average molecular weight is 274 g/mol. The molecule has 1 N–H and O–H groups in total. The van der Waals surface area contributed by atoms with E-state index in [1.165, 1.54) is 37.8 Å². The molecule has 2 rings (SSSR count). The average Bonchev–Trinajstić information content (AvgIpc) is 2.49. The molecular formula is C18H30N2. The maximum Gasteiger partial charge on any atom is 0.0475 e. The third kappa shape index (κ3) is 3.83. The molecule has 1 aromatic rings. The first-order chi connectivity index (χ1) is 9.74. The van der Waals surface area contributed by atoms with Crippen molar-refractivity contribution in [1.82, 2.24) is 10.2 Å². The highest BCUT2D eigenvalue weighted by Crippen LogP contribution is 2.27. The van der Waals surface area contributed by atoms with Crippen LogP contribution in [-0.2, 0) is 0 Å². The lowest BCUT2D eigenvalue weighted by Gasteiger charge is -2.42. The third-order valence-electron chi connectivity index (χ3n) is 4.63. The van der Waals surface area contributed by atoms with Crippen LogP contribution in [0.15, 0.2) is 30.3 Å². The van der Waals surface area contributed by atoms with Gasteiger partial charge < -0.3 is 5.32 Å². The fourth-order valence-electron chi connectivity index (χ4n) is 3.44. The molecule has 2 heteroatoms. The summed E-state index contributed by atoms with van der Waals surface area (Å²) < 4.78 is 0. The molecule has 1 aliphatic heterocycles. The van der Waals surface area contributed by atoms with Crippen LogP contribution in [0.1, 0.15) is 58.1 Å². The van der Waals surface area contributed by atoms with Gasteiger partial charge in [0, 0.05) is 18.1 Å². The normalized spacial score (nSPS) is 23.4. The van der Waals surface area contributed by atoms with Gasteiger partial charge in [0.25, 0.3) is 0 Å². The number of nitrogens with zero attached hydrogens (tertiary/aromatic N) is 1. The molecule has 3 atom stereocenters. The van der Waals surface area contributed by atoms with Gasteiger partial charge in [0.05, 0.1) is 0 Å². The molecule has 2 nitrogen and oxygen atoms in total. The van der Waals surface area contributed by atoms with Gasteiger partial charge in [0.1, 0.15) is 0 Å². The smallest absolute Gasteiger partial charge is 0.0475 e. The molecule has 0 aliphatic carbocycles. The second kappa shape index (κ2) is 7.80. The standard InChI is InChI=1S/C18H30N2/c1-4-13-19-18(17-11-6-5-7-12-17)16(3)20-14-9-8-10-15(20)2/h5-7,11-12,15-16,18-19H,4,8-10,13-14H2,1-3H3. The van der Waals surface area contributed by atoms with E-state index >= 15 is 0 Å². The molecule has 20 heavy (non-hydrogen) atoms. The van der Waals surface area contributed by atoms with Crippen LogP contribution in [0.2, 0.25) is 0 Å². The SMILES string of the molecule is CCCNC(c1ccccc1)C(C)N1CCCCC1C. The quantitative estimate of drug-likeness (QED) is 0.844. The zero-order valence-corrected chi connectivity index (χ0v) is 13.3. The number of hydrogen-bond donors (Lipinski definition) is 1. The van der Waals surface area contributed by atoms with Gasteiger partial charge in [-0.25, -0.2) is 0 Å². The van der Waals surface area contributed by atoms with Crippen molar-refractivity contribution in [2.75, 3.05) is 13.1 Å². The van der Waals surface area contributed by atoms with Gasteiger partial charge in [-0.2, -0.15) is 0 Å². The van der Waals surface area contributed by atoms with Crippen molar-refractivity contribution in [3.8, 4) is 0 Å². The van der Waals surface area contributed by atoms with E-state index in [2.05, 4.69) is 61.3 Å². The molecule has 0 aromatic heterocycles. The van der Waals surface area contributed by atoms with E-state index < -0.39 is 0 Å². The van der Waals surface area contributed by atoms with Crippen LogP contribution in [0, 0.1) is 0 Å². The number of hydrogen-bond acceptors (Lipinski definition) is 2. The Hall–Kier alpha value is -0.860. The van der Waals surface area contributed by atoms with E-state index in [1.807, 2.05) is 0 Å². The van der Waals surface area contributed by atoms with Crippen molar-refractivity contribution in [3.05, 3.63) is 35.9 Å². The summed E-state index contributed by atoms with van der Waals surface area (Å²) in [5, 5.41) is 3.76. The molecule has 1 aromatic carbocycles. The number of nitrogens with one attached hydrogen (secondary N) is 1. The highest BCUT2D eigenvalue weighted by molar-refractivity contribution is 5.20. The zero-order chi connectivity index (χ0) is 14.4. The highest BCUT2D eigenvalue weighted by Gasteiger charge is 2.29. The first kappa shape index (κ1) is 15.5. The lowest BCUT2D eigenvalue weighted by molar-refractivity contribution is 0.0904. The molecule has 0 bridgehead atoms. The Morgan fingerprint density at radius 1 is 1.25 bits per heavy atom. The number of benzene rings is 1. The molecule has 1 heterocycles. The molecule has 3 unspecified atom stereocenters. The summed E-state index contributed by atoms with van der Waals surface area (Å²) in [6.07, 6.45) is 5.28. The maximum absolute atomic E-state index is 3.76. The fourth-order valence-corrected chi connectivity index (χ4v) is 3.44. The predicted molar refractivity (Wildman–Crippen MR) is 87.0 cm³/mol. The third-order valence-corrected chi connectivity index (χ3v) is 4.63. The topological polar surface area (TPSA) is 15.3 Å². The minimum absolute atomic E-state index is 0.441. The maximum atomic E-state index is 3.76. The van der Waals surface area contributed by atoms with Crippen LogP contribution < -0.4 is 5.32 Å². The van der Waals surface area contributed by atoms with E-state index in [4.69, 9.17) is 0 Å². The summed E-state index contributed by atoms with van der Waals surface area (Å²) in [5.41, 5.74) is 1.42. The Balaban J connectivity index is 2.12. The van der Waals surface area contributed by atoms with Gasteiger partial charge in [0.2, 0.25) is 0 Å². The van der Waals surface area contributed by atoms with E-state index in [0.29, 0.717) is 18.1 Å². The summed E-state index contributed by atoms with van der Waals surface area (Å²) in [7, 11) is 0. The van der Waals surface area contributed by atoms with Crippen molar-refractivity contribution in [1.29, 1.82) is 0 Å². The van der Waals surface area contributed by atoms with E-state index in [0.717, 1.165) is 6.54 Å². The van der Waals surface area contributed by atoms with Crippen LogP contribution >= 0.6 is 0 Å². The van der Waals surface area contributed by atoms with E-state index in [-0.39, 0.29) is 0 Å². The second-order valence-corrected chi connectivity index (χ2v) is 6.17. The van der Waals surface area contributed by atoms with E-state index in [1.54, 1.807) is 0 Å². The molecule has 0 radical (unpaired) electrons. The van der Waals surface area contributed by atoms with Crippen molar-refractivity contribution < 1.29 is 0 Å². The van der Waals surface area contributed by atoms with Crippen LogP contribution in [0.5, 0.6) is 0 Å². The number of likely N-dealkylation sites (tertiary alicyclic amines) is 1. The Kier molecular flexibility index (Phi) is 6.06. The van der Waals surface area contributed by atoms with Crippen LogP contribution in [0.25, 0.3) is 0 Å². The summed E-state index contributed by atoms with van der Waals surface area (Å²) in [6.45, 7) is 9.36. The van der Waals surface area contributed by atoms with Crippen molar-refractivity contribution in [2.45, 2.75) is 64.6 Å². The number of piperidine rings is 1. The molecule has 0 amide bonds. The monoisotopic (exact) mass is 274 g/mol. The minimum atomic E-state index is 0.441.